The van der Waals surface area contributed by atoms with Gasteiger partial charge in [0.15, 0.2) is 5.69 Å². The van der Waals surface area contributed by atoms with E-state index in [9.17, 15) is 9.59 Å². The molecule has 0 saturated carbocycles. The number of rotatable bonds is 8. The number of hydrogen-bond donors (Lipinski definition) is 4. The molecule has 1 unspecified atom stereocenters. The number of carbonyl (C=O) groups excluding carboxylic acids is 2. The first-order valence-electron chi connectivity index (χ1n) is 9.93. The normalized spacial score (nSPS) is 11.7. The average molecular weight is 513 g/mol. The van der Waals surface area contributed by atoms with Gasteiger partial charge in [-0.3, -0.25) is 9.59 Å². The zero-order valence-electron chi connectivity index (χ0n) is 17.8. The van der Waals surface area contributed by atoms with Gasteiger partial charge < -0.3 is 25.1 Å². The molecule has 0 bridgehead atoms. The second-order valence-electron chi connectivity index (χ2n) is 7.12. The lowest BCUT2D eigenvalue weighted by Crippen LogP contribution is -2.38. The van der Waals surface area contributed by atoms with Crippen LogP contribution in [0.2, 0.25) is 0 Å². The van der Waals surface area contributed by atoms with Crippen LogP contribution in [0.5, 0.6) is 11.5 Å². The molecule has 4 aromatic rings. The zero-order chi connectivity index (χ0) is 23.4. The minimum absolute atomic E-state index is 0.125. The maximum absolute atomic E-state index is 13.1. The summed E-state index contributed by atoms with van der Waals surface area (Å²) in [4.78, 5) is 28.6. The Morgan fingerprint density at radius 3 is 2.70 bits per heavy atom. The lowest BCUT2D eigenvalue weighted by atomic mass is 10.1. The van der Waals surface area contributed by atoms with Gasteiger partial charge in [-0.1, -0.05) is 28.1 Å². The van der Waals surface area contributed by atoms with E-state index in [0.29, 0.717) is 17.2 Å². The summed E-state index contributed by atoms with van der Waals surface area (Å²) in [6.45, 7) is 0.125. The Morgan fingerprint density at radius 1 is 1.12 bits per heavy atom. The molecule has 10 nitrogen and oxygen atoms in total. The SMILES string of the molecule is COc1cccc(C(CNC(=O)c2cn[nH]n2)NC(=O)c2cc3c(OC)cc(Br)cc3[nH]2)c1. The molecule has 0 radical (unpaired) electrons. The van der Waals surface area contributed by atoms with E-state index < -0.39 is 11.9 Å². The van der Waals surface area contributed by atoms with Crippen LogP contribution in [0.3, 0.4) is 0 Å². The van der Waals surface area contributed by atoms with Crippen molar-refractivity contribution in [1.29, 1.82) is 0 Å². The number of methoxy groups -OCH3 is 2. The first-order valence-corrected chi connectivity index (χ1v) is 10.7. The maximum Gasteiger partial charge on any atom is 0.273 e. The van der Waals surface area contributed by atoms with Crippen molar-refractivity contribution in [2.75, 3.05) is 20.8 Å². The van der Waals surface area contributed by atoms with E-state index in [1.165, 1.54) is 6.20 Å². The molecule has 0 fully saturated rings. The van der Waals surface area contributed by atoms with Crippen LogP contribution in [-0.2, 0) is 0 Å². The number of nitrogens with one attached hydrogen (secondary N) is 4. The predicted octanol–water partition coefficient (Wildman–Crippen LogP) is 2.97. The lowest BCUT2D eigenvalue weighted by molar-refractivity contribution is 0.0904. The summed E-state index contributed by atoms with van der Waals surface area (Å²) < 4.78 is 11.6. The van der Waals surface area contributed by atoms with E-state index in [1.54, 1.807) is 32.4 Å². The third-order valence-corrected chi connectivity index (χ3v) is 5.50. The number of aromatic amines is 2. The number of hydrogen-bond acceptors (Lipinski definition) is 6. The fourth-order valence-electron chi connectivity index (χ4n) is 3.40. The second kappa shape index (κ2) is 9.74. The molecular formula is C22H21BrN6O4. The second-order valence-corrected chi connectivity index (χ2v) is 8.04. The van der Waals surface area contributed by atoms with Gasteiger partial charge in [-0.25, -0.2) is 0 Å². The number of nitrogens with zero attached hydrogens (tertiary/aromatic N) is 2. The summed E-state index contributed by atoms with van der Waals surface area (Å²) >= 11 is 3.44. The molecular weight excluding hydrogens is 492 g/mol. The molecule has 0 aliphatic rings. The number of H-pyrrole nitrogens is 2. The van der Waals surface area contributed by atoms with Crippen molar-refractivity contribution in [2.45, 2.75) is 6.04 Å². The van der Waals surface area contributed by atoms with Crippen molar-refractivity contribution in [1.82, 2.24) is 31.0 Å². The van der Waals surface area contributed by atoms with Gasteiger partial charge in [-0.2, -0.15) is 15.4 Å². The van der Waals surface area contributed by atoms with Gasteiger partial charge in [0.05, 0.1) is 32.0 Å². The van der Waals surface area contributed by atoms with Crippen LogP contribution < -0.4 is 20.1 Å². The van der Waals surface area contributed by atoms with Crippen LogP contribution in [0.15, 0.2) is 53.1 Å². The number of amides is 2. The van der Waals surface area contributed by atoms with E-state index in [0.717, 1.165) is 20.9 Å². The van der Waals surface area contributed by atoms with Crippen LogP contribution in [0, 0.1) is 0 Å². The standard InChI is InChI=1S/C22H21BrN6O4/c1-32-14-5-3-4-12(6-14)18(10-24-21(30)19-11-25-29-28-19)27-22(31)17-9-15-16(26-17)7-13(23)8-20(15)33-2/h3-9,11,18,26H,10H2,1-2H3,(H,24,30)(H,27,31)(H,25,28,29). The van der Waals surface area contributed by atoms with Gasteiger partial charge in [0.2, 0.25) is 0 Å². The Balaban J connectivity index is 1.59. The summed E-state index contributed by atoms with van der Waals surface area (Å²) in [6, 6.07) is 12.2. The Labute approximate surface area is 197 Å². The molecule has 0 spiro atoms. The van der Waals surface area contributed by atoms with Gasteiger partial charge in [-0.15, -0.1) is 0 Å². The fourth-order valence-corrected chi connectivity index (χ4v) is 3.84. The average Bonchev–Trinajstić information content (AvgIpc) is 3.51. The third kappa shape index (κ3) is 4.98. The van der Waals surface area contributed by atoms with Crippen LogP contribution in [0.25, 0.3) is 10.9 Å². The first-order chi connectivity index (χ1) is 16.0. The molecule has 0 aliphatic heterocycles. The molecule has 2 aromatic heterocycles. The van der Waals surface area contributed by atoms with Gasteiger partial charge in [0.1, 0.15) is 17.2 Å². The van der Waals surface area contributed by atoms with E-state index >= 15 is 0 Å². The minimum Gasteiger partial charge on any atom is -0.497 e. The Morgan fingerprint density at radius 2 is 1.97 bits per heavy atom. The number of fused-ring (bicyclic) bond motifs is 1. The topological polar surface area (TPSA) is 134 Å². The van der Waals surface area contributed by atoms with E-state index in [4.69, 9.17) is 9.47 Å². The third-order valence-electron chi connectivity index (χ3n) is 5.05. The zero-order valence-corrected chi connectivity index (χ0v) is 19.4. The number of halogens is 1. The fraction of sp³-hybridized carbons (Fsp3) is 0.182. The van der Waals surface area contributed by atoms with Crippen molar-refractivity contribution in [3.05, 3.63) is 70.1 Å². The molecule has 11 heteroatoms. The van der Waals surface area contributed by atoms with E-state index in [-0.39, 0.29) is 18.1 Å². The van der Waals surface area contributed by atoms with Crippen LogP contribution in [-0.4, -0.2) is 53.0 Å². The molecule has 1 atom stereocenters. The van der Waals surface area contributed by atoms with Crippen molar-refractivity contribution in [2.24, 2.45) is 0 Å². The quantitative estimate of drug-likeness (QED) is 0.286. The van der Waals surface area contributed by atoms with E-state index in [1.807, 2.05) is 24.3 Å². The summed E-state index contributed by atoms with van der Waals surface area (Å²) in [5.41, 5.74) is 2.03. The van der Waals surface area contributed by atoms with Crippen LogP contribution in [0.4, 0.5) is 0 Å². The number of benzene rings is 2. The van der Waals surface area contributed by atoms with Crippen molar-refractivity contribution >= 4 is 38.6 Å². The highest BCUT2D eigenvalue weighted by atomic mass is 79.9. The van der Waals surface area contributed by atoms with Gasteiger partial charge in [-0.05, 0) is 35.9 Å². The molecule has 4 N–H and O–H groups in total. The van der Waals surface area contributed by atoms with Crippen molar-refractivity contribution in [3.8, 4) is 11.5 Å². The maximum atomic E-state index is 13.1. The summed E-state index contributed by atoms with van der Waals surface area (Å²) in [5, 5.41) is 16.3. The Hall–Kier alpha value is -3.86. The highest BCUT2D eigenvalue weighted by molar-refractivity contribution is 9.10. The first kappa shape index (κ1) is 22.3. The van der Waals surface area contributed by atoms with Crippen LogP contribution >= 0.6 is 15.9 Å². The molecule has 2 aromatic carbocycles. The summed E-state index contributed by atoms with van der Waals surface area (Å²) in [6.07, 6.45) is 1.32. The Bertz CT molecular complexity index is 1290. The molecule has 4 rings (SSSR count). The molecule has 2 amide bonds. The molecule has 0 saturated heterocycles. The highest BCUT2D eigenvalue weighted by Gasteiger charge is 2.20. The minimum atomic E-state index is -0.538. The molecule has 2 heterocycles. The summed E-state index contributed by atoms with van der Waals surface area (Å²) in [5.74, 6) is 0.521. The van der Waals surface area contributed by atoms with Gasteiger partial charge in [0, 0.05) is 16.4 Å². The molecule has 33 heavy (non-hydrogen) atoms. The number of aromatic nitrogens is 4. The van der Waals surface area contributed by atoms with Gasteiger partial charge in [0.25, 0.3) is 11.8 Å². The smallest absolute Gasteiger partial charge is 0.273 e. The summed E-state index contributed by atoms with van der Waals surface area (Å²) in [7, 11) is 3.14. The van der Waals surface area contributed by atoms with Gasteiger partial charge >= 0.3 is 0 Å². The van der Waals surface area contributed by atoms with Crippen LogP contribution in [0.1, 0.15) is 32.6 Å². The highest BCUT2D eigenvalue weighted by Crippen LogP contribution is 2.30. The monoisotopic (exact) mass is 512 g/mol. The van der Waals surface area contributed by atoms with E-state index in [2.05, 4.69) is 47.0 Å². The predicted molar refractivity (Wildman–Crippen MR) is 124 cm³/mol. The van der Waals surface area contributed by atoms with Crippen molar-refractivity contribution < 1.29 is 19.1 Å². The molecule has 170 valence electrons. The Kier molecular flexibility index (Phi) is 6.59. The lowest BCUT2D eigenvalue weighted by Gasteiger charge is -2.20. The molecule has 0 aliphatic carbocycles. The largest absolute Gasteiger partial charge is 0.497 e. The van der Waals surface area contributed by atoms with Crippen molar-refractivity contribution in [3.63, 3.8) is 0 Å². The number of ether oxygens (including phenoxy) is 2. The number of carbonyl (C=O) groups is 2.